The number of hydrogen-bond donors (Lipinski definition) is 2. The number of nitrogens with two attached hydrogens (primary N) is 1. The van der Waals surface area contributed by atoms with Crippen LogP contribution in [0.3, 0.4) is 0 Å². The van der Waals surface area contributed by atoms with Crippen LogP contribution in [-0.4, -0.2) is 40.7 Å². The number of carbonyl (C=O) groups excluding carboxylic acids is 3. The van der Waals surface area contributed by atoms with Crippen molar-refractivity contribution in [3.05, 3.63) is 46.7 Å². The summed E-state index contributed by atoms with van der Waals surface area (Å²) in [6.45, 7) is 0.849. The van der Waals surface area contributed by atoms with Crippen LogP contribution in [0, 0.1) is 11.7 Å². The standard InChI is InChI=1S/C18H19FN4O3S/c19-13-5-3-11(4-6-13)17(26)23-7-1-2-12(9-23)16(25)22-18-21-14(10-27-18)8-15(20)24/h3-6,10,12H,1-2,7-9H2,(H2,20,24)(H,21,22,25). The zero-order valence-corrected chi connectivity index (χ0v) is 15.3. The number of rotatable bonds is 5. The van der Waals surface area contributed by atoms with E-state index in [1.165, 1.54) is 35.6 Å². The molecule has 1 aromatic carbocycles. The molecular formula is C18H19FN4O3S. The van der Waals surface area contributed by atoms with Crippen LogP contribution in [0.1, 0.15) is 28.9 Å². The van der Waals surface area contributed by atoms with Crippen molar-refractivity contribution in [2.75, 3.05) is 18.4 Å². The lowest BCUT2D eigenvalue weighted by Crippen LogP contribution is -2.43. The Morgan fingerprint density at radius 2 is 2.04 bits per heavy atom. The van der Waals surface area contributed by atoms with Gasteiger partial charge in [-0.25, -0.2) is 9.37 Å². The van der Waals surface area contributed by atoms with Gasteiger partial charge in [-0.1, -0.05) is 0 Å². The molecule has 0 aliphatic carbocycles. The van der Waals surface area contributed by atoms with Crippen LogP contribution >= 0.6 is 11.3 Å². The van der Waals surface area contributed by atoms with E-state index in [-0.39, 0.29) is 24.2 Å². The molecule has 1 aliphatic rings. The second kappa shape index (κ2) is 8.26. The molecule has 142 valence electrons. The summed E-state index contributed by atoms with van der Waals surface area (Å²) in [6.07, 6.45) is 1.39. The molecule has 1 saturated heterocycles. The maximum absolute atomic E-state index is 13.0. The first-order chi connectivity index (χ1) is 12.9. The average molecular weight is 390 g/mol. The maximum atomic E-state index is 13.0. The molecule has 1 aliphatic heterocycles. The minimum Gasteiger partial charge on any atom is -0.369 e. The zero-order chi connectivity index (χ0) is 19.4. The highest BCUT2D eigenvalue weighted by Crippen LogP contribution is 2.22. The van der Waals surface area contributed by atoms with Crippen molar-refractivity contribution in [1.82, 2.24) is 9.88 Å². The Kier molecular flexibility index (Phi) is 5.80. The Balaban J connectivity index is 1.60. The molecule has 9 heteroatoms. The van der Waals surface area contributed by atoms with Gasteiger partial charge in [0.2, 0.25) is 11.8 Å². The number of nitrogens with zero attached hydrogens (tertiary/aromatic N) is 2. The number of anilines is 1. The molecular weight excluding hydrogens is 371 g/mol. The van der Waals surface area contributed by atoms with Crippen molar-refractivity contribution < 1.29 is 18.8 Å². The van der Waals surface area contributed by atoms with Gasteiger partial charge < -0.3 is 16.0 Å². The van der Waals surface area contributed by atoms with E-state index in [2.05, 4.69) is 10.3 Å². The van der Waals surface area contributed by atoms with Gasteiger partial charge in [-0.15, -0.1) is 11.3 Å². The SMILES string of the molecule is NC(=O)Cc1csc(NC(=O)C2CCCN(C(=O)c3ccc(F)cc3)C2)n1. The van der Waals surface area contributed by atoms with Crippen molar-refractivity contribution in [1.29, 1.82) is 0 Å². The Labute approximate surface area is 159 Å². The Morgan fingerprint density at radius 3 is 2.74 bits per heavy atom. The number of amides is 3. The van der Waals surface area contributed by atoms with E-state index in [1.54, 1.807) is 10.3 Å². The third kappa shape index (κ3) is 4.88. The predicted molar refractivity (Wildman–Crippen MR) is 98.7 cm³/mol. The Morgan fingerprint density at radius 1 is 1.30 bits per heavy atom. The van der Waals surface area contributed by atoms with Crippen LogP contribution in [0.15, 0.2) is 29.6 Å². The van der Waals surface area contributed by atoms with Crippen LogP contribution in [0.4, 0.5) is 9.52 Å². The van der Waals surface area contributed by atoms with E-state index < -0.39 is 11.7 Å². The monoisotopic (exact) mass is 390 g/mol. The summed E-state index contributed by atoms with van der Waals surface area (Å²) in [7, 11) is 0. The van der Waals surface area contributed by atoms with Crippen LogP contribution in [0.25, 0.3) is 0 Å². The number of halogens is 1. The Bertz CT molecular complexity index is 853. The first-order valence-corrected chi connectivity index (χ1v) is 9.39. The number of likely N-dealkylation sites (tertiary alicyclic amines) is 1. The molecule has 2 heterocycles. The van der Waals surface area contributed by atoms with E-state index in [9.17, 15) is 18.8 Å². The number of thiazole rings is 1. The number of benzene rings is 1. The van der Waals surface area contributed by atoms with Gasteiger partial charge in [0.05, 0.1) is 18.0 Å². The second-order valence-corrected chi connectivity index (χ2v) is 7.23. The molecule has 1 unspecified atom stereocenters. The lowest BCUT2D eigenvalue weighted by molar-refractivity contribution is -0.121. The molecule has 3 N–H and O–H groups in total. The fraction of sp³-hybridized carbons (Fsp3) is 0.333. The van der Waals surface area contributed by atoms with Gasteiger partial charge in [-0.05, 0) is 37.1 Å². The summed E-state index contributed by atoms with van der Waals surface area (Å²) in [6, 6.07) is 5.37. The minimum atomic E-state index is -0.486. The van der Waals surface area contributed by atoms with E-state index in [1.807, 2.05) is 0 Å². The largest absolute Gasteiger partial charge is 0.369 e. The van der Waals surface area contributed by atoms with E-state index in [4.69, 9.17) is 5.73 Å². The van der Waals surface area contributed by atoms with Gasteiger partial charge in [0.15, 0.2) is 5.13 Å². The van der Waals surface area contributed by atoms with Crippen LogP contribution < -0.4 is 11.1 Å². The topological polar surface area (TPSA) is 105 Å². The molecule has 3 amide bonds. The quantitative estimate of drug-likeness (QED) is 0.812. The molecule has 0 radical (unpaired) electrons. The highest BCUT2D eigenvalue weighted by Gasteiger charge is 2.29. The average Bonchev–Trinajstić information content (AvgIpc) is 3.08. The van der Waals surface area contributed by atoms with E-state index in [0.717, 1.165) is 0 Å². The third-order valence-electron chi connectivity index (χ3n) is 4.31. The van der Waals surface area contributed by atoms with Crippen molar-refractivity contribution in [2.24, 2.45) is 11.7 Å². The molecule has 0 spiro atoms. The number of primary amides is 1. The summed E-state index contributed by atoms with van der Waals surface area (Å²) < 4.78 is 13.0. The fourth-order valence-electron chi connectivity index (χ4n) is 2.98. The second-order valence-electron chi connectivity index (χ2n) is 6.37. The van der Waals surface area contributed by atoms with Crippen molar-refractivity contribution in [3.8, 4) is 0 Å². The highest BCUT2D eigenvalue weighted by molar-refractivity contribution is 7.13. The van der Waals surface area contributed by atoms with Gasteiger partial charge in [-0.2, -0.15) is 0 Å². The van der Waals surface area contributed by atoms with Gasteiger partial charge in [0.1, 0.15) is 5.82 Å². The summed E-state index contributed by atoms with van der Waals surface area (Å²) in [5.41, 5.74) is 6.04. The summed E-state index contributed by atoms with van der Waals surface area (Å²) in [4.78, 5) is 41.8. The van der Waals surface area contributed by atoms with Gasteiger partial charge in [-0.3, -0.25) is 14.4 Å². The molecule has 1 aromatic heterocycles. The zero-order valence-electron chi connectivity index (χ0n) is 14.5. The van der Waals surface area contributed by atoms with Gasteiger partial charge in [0.25, 0.3) is 5.91 Å². The number of nitrogens with one attached hydrogen (secondary N) is 1. The molecule has 0 saturated carbocycles. The number of piperidine rings is 1. The number of hydrogen-bond acceptors (Lipinski definition) is 5. The smallest absolute Gasteiger partial charge is 0.253 e. The molecule has 0 bridgehead atoms. The van der Waals surface area contributed by atoms with Crippen LogP contribution in [0.5, 0.6) is 0 Å². The number of aromatic nitrogens is 1. The minimum absolute atomic E-state index is 0.0236. The third-order valence-corrected chi connectivity index (χ3v) is 5.11. The Hall–Kier alpha value is -2.81. The van der Waals surface area contributed by atoms with Crippen molar-refractivity contribution >= 4 is 34.2 Å². The molecule has 1 atom stereocenters. The molecule has 1 fully saturated rings. The summed E-state index contributed by atoms with van der Waals surface area (Å²) in [5.74, 6) is -1.68. The lowest BCUT2D eigenvalue weighted by atomic mass is 9.96. The van der Waals surface area contributed by atoms with E-state index >= 15 is 0 Å². The summed E-state index contributed by atoms with van der Waals surface area (Å²) >= 11 is 1.22. The van der Waals surface area contributed by atoms with Gasteiger partial charge in [0, 0.05) is 24.0 Å². The predicted octanol–water partition coefficient (Wildman–Crippen LogP) is 1.80. The molecule has 3 rings (SSSR count). The fourth-order valence-corrected chi connectivity index (χ4v) is 3.70. The summed E-state index contributed by atoms with van der Waals surface area (Å²) in [5, 5.41) is 4.81. The highest BCUT2D eigenvalue weighted by atomic mass is 32.1. The molecule has 7 nitrogen and oxygen atoms in total. The van der Waals surface area contributed by atoms with Crippen molar-refractivity contribution in [2.45, 2.75) is 19.3 Å². The van der Waals surface area contributed by atoms with Crippen molar-refractivity contribution in [3.63, 3.8) is 0 Å². The maximum Gasteiger partial charge on any atom is 0.253 e. The molecule has 2 aromatic rings. The normalized spacial score (nSPS) is 16.8. The van der Waals surface area contributed by atoms with E-state index in [0.29, 0.717) is 42.3 Å². The van der Waals surface area contributed by atoms with Crippen LogP contribution in [-0.2, 0) is 16.0 Å². The lowest BCUT2D eigenvalue weighted by Gasteiger charge is -2.32. The van der Waals surface area contributed by atoms with Crippen LogP contribution in [0.2, 0.25) is 0 Å². The molecule has 27 heavy (non-hydrogen) atoms. The van der Waals surface area contributed by atoms with Gasteiger partial charge >= 0.3 is 0 Å². The first kappa shape index (κ1) is 19.0. The number of carbonyl (C=O) groups is 3. The first-order valence-electron chi connectivity index (χ1n) is 8.51.